The maximum Gasteiger partial charge on any atom is 0.307 e. The van der Waals surface area contributed by atoms with Gasteiger partial charge in [-0.1, -0.05) is 13.0 Å². The molecule has 1 unspecified atom stereocenters. The van der Waals surface area contributed by atoms with E-state index in [9.17, 15) is 9.90 Å². The summed E-state index contributed by atoms with van der Waals surface area (Å²) >= 11 is 5.97. The lowest BCUT2D eigenvalue weighted by atomic mass is 9.85. The lowest BCUT2D eigenvalue weighted by Gasteiger charge is -2.33. The van der Waals surface area contributed by atoms with Gasteiger partial charge in [0.15, 0.2) is 0 Å². The predicted molar refractivity (Wildman–Crippen MR) is 117 cm³/mol. The molecule has 0 amide bonds. The van der Waals surface area contributed by atoms with Gasteiger partial charge in [0.2, 0.25) is 5.28 Å². The van der Waals surface area contributed by atoms with Crippen LogP contribution in [0.1, 0.15) is 55.2 Å². The van der Waals surface area contributed by atoms with Gasteiger partial charge in [0.05, 0.1) is 5.92 Å². The molecule has 1 fully saturated rings. The number of carboxylic acid groups (broad SMARTS) is 1. The van der Waals surface area contributed by atoms with Crippen molar-refractivity contribution in [2.24, 2.45) is 5.92 Å². The van der Waals surface area contributed by atoms with Crippen LogP contribution in [0.3, 0.4) is 0 Å². The highest BCUT2D eigenvalue weighted by atomic mass is 35.5. The number of aliphatic carboxylic acids is 1. The first-order valence-electron chi connectivity index (χ1n) is 10.7. The van der Waals surface area contributed by atoms with Crippen LogP contribution in [0.15, 0.2) is 24.4 Å². The van der Waals surface area contributed by atoms with Crippen LogP contribution in [0.25, 0.3) is 0 Å². The normalized spacial score (nSPS) is 20.1. The van der Waals surface area contributed by atoms with Crippen molar-refractivity contribution in [3.63, 3.8) is 0 Å². The molecule has 0 spiro atoms. The highest BCUT2D eigenvalue weighted by Gasteiger charge is 2.33. The number of anilines is 1. The van der Waals surface area contributed by atoms with Crippen molar-refractivity contribution >= 4 is 23.4 Å². The number of halogens is 1. The van der Waals surface area contributed by atoms with Crippen LogP contribution in [0.5, 0.6) is 5.75 Å². The molecule has 1 aromatic heterocycles. The lowest BCUT2D eigenvalue weighted by molar-refractivity contribution is -0.142. The number of carboxylic acids is 1. The number of hydrogen-bond donors (Lipinski definition) is 1. The number of nitrogens with zero attached hydrogens (tertiary/aromatic N) is 3. The number of aryl methyl sites for hydroxylation is 2. The van der Waals surface area contributed by atoms with Crippen molar-refractivity contribution in [3.8, 4) is 5.75 Å². The first-order valence-corrected chi connectivity index (χ1v) is 11.1. The van der Waals surface area contributed by atoms with Crippen LogP contribution >= 0.6 is 11.6 Å². The van der Waals surface area contributed by atoms with Crippen LogP contribution in [-0.2, 0) is 11.2 Å². The second kappa shape index (κ2) is 8.80. The van der Waals surface area contributed by atoms with E-state index in [1.165, 1.54) is 11.1 Å². The molecular weight excluding hydrogens is 402 g/mol. The number of fused-ring (bicyclic) bond motifs is 1. The molecule has 30 heavy (non-hydrogen) atoms. The number of piperidine rings is 1. The Hall–Kier alpha value is -2.34. The van der Waals surface area contributed by atoms with Gasteiger partial charge in [-0.05, 0) is 67.0 Å². The second-order valence-electron chi connectivity index (χ2n) is 8.31. The maximum absolute atomic E-state index is 11.6. The maximum atomic E-state index is 11.6. The van der Waals surface area contributed by atoms with Gasteiger partial charge < -0.3 is 14.7 Å². The van der Waals surface area contributed by atoms with Crippen molar-refractivity contribution in [2.75, 3.05) is 18.0 Å². The van der Waals surface area contributed by atoms with Crippen molar-refractivity contribution < 1.29 is 14.6 Å². The molecule has 2 aliphatic rings. The Morgan fingerprint density at radius 3 is 2.80 bits per heavy atom. The fourth-order valence-corrected chi connectivity index (χ4v) is 4.99. The van der Waals surface area contributed by atoms with E-state index in [2.05, 4.69) is 27.0 Å². The number of ether oxygens (including phenoxy) is 1. The fraction of sp³-hybridized carbons (Fsp3) is 0.522. The smallest absolute Gasteiger partial charge is 0.307 e. The Bertz CT molecular complexity index is 928. The SMILES string of the molecule is CCC(C(=O)O)[C@@H]1CCc2cc(OC3CCN(c4nc(Cl)ncc4C)CC3)ccc21. The average molecular weight is 430 g/mol. The molecule has 6 nitrogen and oxygen atoms in total. The topological polar surface area (TPSA) is 75.6 Å². The van der Waals surface area contributed by atoms with E-state index >= 15 is 0 Å². The van der Waals surface area contributed by atoms with Gasteiger partial charge in [-0.3, -0.25) is 4.79 Å². The molecule has 2 heterocycles. The van der Waals surface area contributed by atoms with Crippen LogP contribution in [-0.4, -0.2) is 40.2 Å². The number of benzene rings is 1. The van der Waals surface area contributed by atoms with Crippen LogP contribution in [0, 0.1) is 12.8 Å². The molecule has 160 valence electrons. The second-order valence-corrected chi connectivity index (χ2v) is 8.65. The molecular formula is C23H28ClN3O3. The van der Waals surface area contributed by atoms with Crippen molar-refractivity contribution in [3.05, 3.63) is 46.4 Å². The minimum atomic E-state index is -0.692. The summed E-state index contributed by atoms with van der Waals surface area (Å²) in [5.74, 6) is 0.907. The molecule has 1 N–H and O–H groups in total. The van der Waals surface area contributed by atoms with Crippen LogP contribution < -0.4 is 9.64 Å². The van der Waals surface area contributed by atoms with Crippen LogP contribution in [0.4, 0.5) is 5.82 Å². The highest BCUT2D eigenvalue weighted by Crippen LogP contribution is 2.41. The van der Waals surface area contributed by atoms with E-state index in [0.717, 1.165) is 55.9 Å². The average Bonchev–Trinajstić information content (AvgIpc) is 3.14. The standard InChI is InChI=1S/C23H28ClN3O3/c1-3-18(22(28)29)20-6-4-15-12-17(5-7-19(15)20)30-16-8-10-27(11-9-16)21-14(2)13-25-23(24)26-21/h5,7,12-13,16,18,20H,3-4,6,8-11H2,1-2H3,(H,28,29)/t18?,20-/m0/s1. The third kappa shape index (κ3) is 4.24. The molecule has 1 aromatic carbocycles. The molecule has 1 saturated heterocycles. The molecule has 0 bridgehead atoms. The van der Waals surface area contributed by atoms with Gasteiger partial charge in [0.25, 0.3) is 0 Å². The number of rotatable bonds is 6. The van der Waals surface area contributed by atoms with Crippen molar-refractivity contribution in [1.82, 2.24) is 9.97 Å². The summed E-state index contributed by atoms with van der Waals surface area (Å²) in [6.07, 6.45) is 6.24. The first-order chi connectivity index (χ1) is 14.5. The molecule has 2 aromatic rings. The molecule has 7 heteroatoms. The van der Waals surface area contributed by atoms with Gasteiger partial charge in [0.1, 0.15) is 17.7 Å². The highest BCUT2D eigenvalue weighted by molar-refractivity contribution is 6.28. The molecule has 1 aliphatic heterocycles. The summed E-state index contributed by atoms with van der Waals surface area (Å²) in [5.41, 5.74) is 3.45. The largest absolute Gasteiger partial charge is 0.490 e. The van der Waals surface area contributed by atoms with Crippen molar-refractivity contribution in [1.29, 1.82) is 0 Å². The van der Waals surface area contributed by atoms with Gasteiger partial charge in [-0.2, -0.15) is 0 Å². The number of hydrogen-bond acceptors (Lipinski definition) is 5. The molecule has 4 rings (SSSR count). The zero-order chi connectivity index (χ0) is 21.3. The van der Waals surface area contributed by atoms with E-state index in [-0.39, 0.29) is 23.2 Å². The van der Waals surface area contributed by atoms with E-state index < -0.39 is 5.97 Å². The minimum absolute atomic E-state index is 0.114. The molecule has 0 radical (unpaired) electrons. The van der Waals surface area contributed by atoms with E-state index in [1.54, 1.807) is 6.20 Å². The number of aromatic nitrogens is 2. The third-order valence-corrected chi connectivity index (χ3v) is 6.62. The molecule has 2 atom stereocenters. The van der Waals surface area contributed by atoms with Gasteiger partial charge >= 0.3 is 5.97 Å². The van der Waals surface area contributed by atoms with Gasteiger partial charge in [-0.15, -0.1) is 0 Å². The summed E-state index contributed by atoms with van der Waals surface area (Å²) in [6, 6.07) is 6.20. The third-order valence-electron chi connectivity index (χ3n) is 6.44. The zero-order valence-corrected chi connectivity index (χ0v) is 18.2. The van der Waals surface area contributed by atoms with Gasteiger partial charge in [-0.25, -0.2) is 9.97 Å². The summed E-state index contributed by atoms with van der Waals surface area (Å²) < 4.78 is 6.29. The van der Waals surface area contributed by atoms with Crippen molar-refractivity contribution in [2.45, 2.75) is 58.0 Å². The Labute approximate surface area is 182 Å². The van der Waals surface area contributed by atoms with Crippen LogP contribution in [0.2, 0.25) is 5.28 Å². The lowest BCUT2D eigenvalue weighted by Crippen LogP contribution is -2.39. The number of carbonyl (C=O) groups is 1. The van der Waals surface area contributed by atoms with Gasteiger partial charge in [0, 0.05) is 37.7 Å². The molecule has 1 aliphatic carbocycles. The summed E-state index contributed by atoms with van der Waals surface area (Å²) in [6.45, 7) is 5.68. The fourth-order valence-electron chi connectivity index (χ4n) is 4.86. The Morgan fingerprint density at radius 1 is 1.33 bits per heavy atom. The summed E-state index contributed by atoms with van der Waals surface area (Å²) in [5, 5.41) is 9.80. The Morgan fingerprint density at radius 2 is 2.10 bits per heavy atom. The van der Waals surface area contributed by atoms with E-state index in [1.807, 2.05) is 19.9 Å². The molecule has 0 saturated carbocycles. The Kier molecular flexibility index (Phi) is 6.14. The summed E-state index contributed by atoms with van der Waals surface area (Å²) in [4.78, 5) is 22.2. The quantitative estimate of drug-likeness (QED) is 0.675. The van der Waals surface area contributed by atoms with E-state index in [0.29, 0.717) is 6.42 Å². The summed E-state index contributed by atoms with van der Waals surface area (Å²) in [7, 11) is 0. The zero-order valence-electron chi connectivity index (χ0n) is 17.5. The monoisotopic (exact) mass is 429 g/mol. The predicted octanol–water partition coefficient (Wildman–Crippen LogP) is 4.63. The first kappa shape index (κ1) is 20.9. The minimum Gasteiger partial charge on any atom is -0.490 e. The Balaban J connectivity index is 1.38. The van der Waals surface area contributed by atoms with E-state index in [4.69, 9.17) is 16.3 Å².